The maximum atomic E-state index is 12.0. The largest absolute Gasteiger partial charge is 1.00 e. The molecule has 11 heteroatoms. The van der Waals surface area contributed by atoms with E-state index >= 15 is 0 Å². The molecule has 0 bridgehead atoms. The fourth-order valence-electron chi connectivity index (χ4n) is 2.62. The molecule has 0 aromatic rings. The fourth-order valence-corrected chi connectivity index (χ4v) is 2.98. The van der Waals surface area contributed by atoms with Crippen molar-refractivity contribution < 1.29 is 92.6 Å². The van der Waals surface area contributed by atoms with Crippen molar-refractivity contribution in [3.8, 4) is 0 Å². The molecule has 0 amide bonds. The number of carbonyl (C=O) groups excluding carboxylic acids is 1. The zero-order valence-corrected chi connectivity index (χ0v) is 24.2. The van der Waals surface area contributed by atoms with Gasteiger partial charge in [-0.3, -0.25) is 14.4 Å². The van der Waals surface area contributed by atoms with Crippen LogP contribution in [0.15, 0.2) is 4.99 Å². The molecule has 0 saturated heterocycles. The Kier molecular flexibility index (Phi) is 27.6. The number of phosphoric ester groups is 1. The van der Waals surface area contributed by atoms with Gasteiger partial charge in [0.2, 0.25) is 0 Å². The van der Waals surface area contributed by atoms with E-state index in [-0.39, 0.29) is 84.5 Å². The van der Waals surface area contributed by atoms with E-state index in [1.54, 1.807) is 0 Å². The first-order chi connectivity index (χ1) is 13.3. The third-order valence-corrected chi connectivity index (χ3v) is 4.62. The van der Waals surface area contributed by atoms with E-state index in [9.17, 15) is 19.4 Å². The molecule has 0 rings (SSSR count). The number of nitrogens with zero attached hydrogens (tertiary/aromatic N) is 1. The first-order valence-electron chi connectivity index (χ1n) is 10.4. The number of phosphoric acid groups is 1. The maximum Gasteiger partial charge on any atom is 1.00 e. The van der Waals surface area contributed by atoms with Crippen molar-refractivity contribution in [3.05, 3.63) is 0 Å². The van der Waals surface area contributed by atoms with E-state index in [1.807, 2.05) is 6.92 Å². The average molecular weight is 467 g/mol. The predicted octanol–water partition coefficient (Wildman–Crippen LogP) is -3.14. The summed E-state index contributed by atoms with van der Waals surface area (Å²) in [5.41, 5.74) is 0. The molecule has 0 aromatic heterocycles. The van der Waals surface area contributed by atoms with Gasteiger partial charge in [0.25, 0.3) is 7.82 Å². The summed E-state index contributed by atoms with van der Waals surface area (Å²) in [6.45, 7) is 3.21. The molecular formula is C19H36NNa2O7P. The molecule has 0 spiro atoms. The standard InChI is InChI=1S/C19H38NO7P.2Na/c1-3-5-6-7-8-9-10-11-12-14-18(21)20-17(16-27-28(23,24)25)15-26-19(22)13-4-2;;/h17H,3-16H2,1-2H3,(H,20,21)(H2,23,24,25);;/q;2*+1/p-2/t17-;;/m1../s1. The van der Waals surface area contributed by atoms with Crippen molar-refractivity contribution in [2.45, 2.75) is 96.9 Å². The number of carbonyl (C=O) groups is 1. The van der Waals surface area contributed by atoms with Gasteiger partial charge in [-0.2, -0.15) is 0 Å². The molecule has 0 saturated carbocycles. The van der Waals surface area contributed by atoms with Crippen LogP contribution >= 0.6 is 7.82 Å². The van der Waals surface area contributed by atoms with Gasteiger partial charge in [0, 0.05) is 6.42 Å². The average Bonchev–Trinajstić information content (AvgIpc) is 2.62. The quantitative estimate of drug-likeness (QED) is 0.0563. The van der Waals surface area contributed by atoms with Crippen LogP contribution in [0.2, 0.25) is 0 Å². The molecule has 0 radical (unpaired) electrons. The summed E-state index contributed by atoms with van der Waals surface area (Å²) < 4.78 is 20.0. The van der Waals surface area contributed by atoms with Gasteiger partial charge >= 0.3 is 65.1 Å². The molecule has 0 fully saturated rings. The van der Waals surface area contributed by atoms with Crippen LogP contribution in [0.5, 0.6) is 0 Å². The maximum absolute atomic E-state index is 12.0. The fraction of sp³-hybridized carbons (Fsp3) is 0.895. The van der Waals surface area contributed by atoms with Crippen LogP contribution < -0.4 is 69.1 Å². The SMILES string of the molecule is CCCCCCCCCCCC([O-])=N[C@H](COC(=O)CCC)COP(=O)([O-])O.[Na+].[Na+]. The summed E-state index contributed by atoms with van der Waals surface area (Å²) in [4.78, 5) is 34.7. The Bertz CT molecular complexity index is 490. The third-order valence-electron chi connectivity index (χ3n) is 4.14. The number of esters is 1. The first kappa shape index (κ1) is 35.6. The van der Waals surface area contributed by atoms with E-state index in [2.05, 4.69) is 16.4 Å². The molecule has 166 valence electrons. The molecule has 0 heterocycles. The number of aliphatic imine (C=N–C) groups is 1. The molecule has 8 nitrogen and oxygen atoms in total. The smallest absolute Gasteiger partial charge is 0.862 e. The van der Waals surface area contributed by atoms with Gasteiger partial charge in [-0.25, -0.2) is 0 Å². The Hall–Kier alpha value is 1.05. The Morgan fingerprint density at radius 3 is 1.97 bits per heavy atom. The molecule has 0 aliphatic carbocycles. The minimum atomic E-state index is -4.93. The Morgan fingerprint density at radius 2 is 1.47 bits per heavy atom. The van der Waals surface area contributed by atoms with Crippen LogP contribution in [0.3, 0.4) is 0 Å². The van der Waals surface area contributed by atoms with Gasteiger partial charge in [-0.1, -0.05) is 65.2 Å². The molecule has 30 heavy (non-hydrogen) atoms. The molecule has 0 aromatic carbocycles. The Balaban J connectivity index is -0.00000364. The van der Waals surface area contributed by atoms with Crippen molar-refractivity contribution in [1.29, 1.82) is 0 Å². The Morgan fingerprint density at radius 1 is 0.933 bits per heavy atom. The number of ether oxygens (including phenoxy) is 1. The molecule has 0 aliphatic heterocycles. The Labute approximate surface area is 225 Å². The van der Waals surface area contributed by atoms with Gasteiger partial charge < -0.3 is 24.2 Å². The van der Waals surface area contributed by atoms with E-state index in [4.69, 9.17) is 9.63 Å². The summed E-state index contributed by atoms with van der Waals surface area (Å²) in [6.07, 6.45) is 11.3. The number of hydrogen-bond acceptors (Lipinski definition) is 7. The van der Waals surface area contributed by atoms with Crippen molar-refractivity contribution in [3.63, 3.8) is 0 Å². The van der Waals surface area contributed by atoms with Gasteiger partial charge in [-0.15, -0.1) is 0 Å². The van der Waals surface area contributed by atoms with E-state index in [1.165, 1.54) is 32.1 Å². The number of rotatable bonds is 18. The normalized spacial score (nSPS) is 14.2. The topological polar surface area (TPSA) is 131 Å². The van der Waals surface area contributed by atoms with Gasteiger partial charge in [0.1, 0.15) is 12.6 Å². The number of unbranched alkanes of at least 4 members (excludes halogenated alkanes) is 8. The van der Waals surface area contributed by atoms with E-state index in [0.717, 1.165) is 19.3 Å². The summed E-state index contributed by atoms with van der Waals surface area (Å²) in [7, 11) is -4.93. The van der Waals surface area contributed by atoms with Crippen molar-refractivity contribution in [2.24, 2.45) is 4.99 Å². The number of hydrogen-bond donors (Lipinski definition) is 1. The monoisotopic (exact) mass is 467 g/mol. The zero-order chi connectivity index (χ0) is 21.3. The van der Waals surface area contributed by atoms with Crippen LogP contribution in [0.25, 0.3) is 0 Å². The second-order valence-corrected chi connectivity index (χ2v) is 8.15. The predicted molar refractivity (Wildman–Crippen MR) is 105 cm³/mol. The van der Waals surface area contributed by atoms with Crippen LogP contribution in [0, 0.1) is 0 Å². The van der Waals surface area contributed by atoms with E-state index in [0.29, 0.717) is 12.8 Å². The minimum Gasteiger partial charge on any atom is -0.862 e. The third kappa shape index (κ3) is 25.3. The molecular weight excluding hydrogens is 431 g/mol. The minimum absolute atomic E-state index is 0. The summed E-state index contributed by atoms with van der Waals surface area (Å²) >= 11 is 0. The molecule has 1 unspecified atom stereocenters. The summed E-state index contributed by atoms with van der Waals surface area (Å²) in [6, 6.07) is -0.957. The van der Waals surface area contributed by atoms with Crippen LogP contribution in [0.1, 0.15) is 90.9 Å². The molecule has 2 atom stereocenters. The second kappa shape index (κ2) is 23.2. The van der Waals surface area contributed by atoms with Crippen LogP contribution in [-0.4, -0.2) is 36.0 Å². The van der Waals surface area contributed by atoms with E-state index < -0.39 is 26.4 Å². The van der Waals surface area contributed by atoms with Crippen LogP contribution in [-0.2, 0) is 18.6 Å². The van der Waals surface area contributed by atoms with Gasteiger partial charge in [0.05, 0.1) is 6.61 Å². The second-order valence-electron chi connectivity index (χ2n) is 6.95. The van der Waals surface area contributed by atoms with Crippen LogP contribution in [0.4, 0.5) is 0 Å². The summed E-state index contributed by atoms with van der Waals surface area (Å²) in [5.74, 6) is -0.842. The molecule has 0 aliphatic rings. The molecule has 1 N–H and O–H groups in total. The van der Waals surface area contributed by atoms with Crippen molar-refractivity contribution >= 4 is 19.7 Å². The summed E-state index contributed by atoms with van der Waals surface area (Å²) in [5, 5.41) is 12.0. The van der Waals surface area contributed by atoms with Gasteiger partial charge in [-0.05, 0) is 25.2 Å². The first-order valence-corrected chi connectivity index (χ1v) is 11.9. The van der Waals surface area contributed by atoms with Crippen molar-refractivity contribution in [2.75, 3.05) is 13.2 Å². The van der Waals surface area contributed by atoms with Crippen molar-refractivity contribution in [1.82, 2.24) is 0 Å². The zero-order valence-electron chi connectivity index (χ0n) is 19.3. The van der Waals surface area contributed by atoms with Gasteiger partial charge in [0.15, 0.2) is 0 Å².